The maximum atomic E-state index is 12.0. The molecule has 0 heterocycles. The molecular weight excluding hydrogens is 368 g/mol. The van der Waals surface area contributed by atoms with Crippen LogP contribution in [0.3, 0.4) is 0 Å². The second-order valence-electron chi connectivity index (χ2n) is 5.52. The van der Waals surface area contributed by atoms with Gasteiger partial charge in [0.25, 0.3) is 5.91 Å². The minimum Gasteiger partial charge on any atom is -0.481 e. The molecule has 0 saturated carbocycles. The highest BCUT2D eigenvalue weighted by atomic mass is 35.5. The number of amides is 2. The average Bonchev–Trinajstić information content (AvgIpc) is 2.70. The highest BCUT2D eigenvalue weighted by Crippen LogP contribution is 2.15. The molecule has 0 atom stereocenters. The van der Waals surface area contributed by atoms with Gasteiger partial charge < -0.3 is 10.1 Å². The maximum absolute atomic E-state index is 12.0. The highest BCUT2D eigenvalue weighted by molar-refractivity contribution is 6.30. The molecule has 140 valence electrons. The third kappa shape index (κ3) is 7.40. The first-order valence-corrected chi connectivity index (χ1v) is 8.64. The van der Waals surface area contributed by atoms with Crippen molar-refractivity contribution in [1.29, 1.82) is 0 Å². The summed E-state index contributed by atoms with van der Waals surface area (Å²) < 4.78 is 5.48. The molecule has 0 saturated heterocycles. The number of ether oxygens (including phenoxy) is 1. The summed E-state index contributed by atoms with van der Waals surface area (Å²) in [6, 6.07) is 13.9. The number of hydroxylamine groups is 1. The molecule has 0 unspecified atom stereocenters. The van der Waals surface area contributed by atoms with Gasteiger partial charge >= 0.3 is 0 Å². The Morgan fingerprint density at radius 3 is 2.44 bits per heavy atom. The molecule has 2 rings (SSSR count). The summed E-state index contributed by atoms with van der Waals surface area (Å²) in [5.41, 5.74) is 2.82. The van der Waals surface area contributed by atoms with E-state index >= 15 is 0 Å². The van der Waals surface area contributed by atoms with Crippen LogP contribution in [-0.2, 0) is 4.79 Å². The molecule has 0 spiro atoms. The lowest BCUT2D eigenvalue weighted by Gasteiger charge is -2.05. The minimum absolute atomic E-state index is 0.142. The number of hydrogen-bond donors (Lipinski definition) is 3. The Morgan fingerprint density at radius 1 is 1.07 bits per heavy atom. The smallest absolute Gasteiger partial charge is 0.251 e. The number of nitrogens with one attached hydrogen (secondary N) is 2. The van der Waals surface area contributed by atoms with E-state index in [2.05, 4.69) is 17.2 Å². The van der Waals surface area contributed by atoms with Gasteiger partial charge in [-0.05, 0) is 55.0 Å². The number of carbonyl (C=O) groups excluding carboxylic acids is 2. The lowest BCUT2D eigenvalue weighted by atomic mass is 10.1. The largest absolute Gasteiger partial charge is 0.481 e. The molecule has 0 bridgehead atoms. The fraction of sp³-hybridized carbons (Fsp3) is 0.200. The van der Waals surface area contributed by atoms with E-state index in [0.29, 0.717) is 29.3 Å². The van der Waals surface area contributed by atoms with Crippen molar-refractivity contribution in [3.05, 3.63) is 64.7 Å². The average molecular weight is 387 g/mol. The summed E-state index contributed by atoms with van der Waals surface area (Å²) in [7, 11) is 0. The Kier molecular flexibility index (Phi) is 8.17. The van der Waals surface area contributed by atoms with Gasteiger partial charge in [-0.15, -0.1) is 0 Å². The number of hydrogen-bond acceptors (Lipinski definition) is 4. The Bertz CT molecular complexity index is 824. The molecule has 2 aromatic carbocycles. The van der Waals surface area contributed by atoms with Crippen LogP contribution in [0.2, 0.25) is 5.02 Å². The predicted molar refractivity (Wildman–Crippen MR) is 102 cm³/mol. The lowest BCUT2D eigenvalue weighted by Crippen LogP contribution is -2.26. The van der Waals surface area contributed by atoms with E-state index < -0.39 is 5.91 Å². The standard InChI is InChI=1S/C20H19ClN2O4/c21-17-9-11-18(12-10-17)27-14-2-3-15-5-7-16(8-6-15)20(25)22-13-1-4-19(24)23-26/h5-12,26H,1,4,13-14H2,(H,22,25)(H,23,24). The van der Waals surface area contributed by atoms with Gasteiger partial charge in [0.1, 0.15) is 12.4 Å². The van der Waals surface area contributed by atoms with Gasteiger partial charge in [-0.3, -0.25) is 14.8 Å². The molecule has 7 heteroatoms. The molecule has 0 fully saturated rings. The number of benzene rings is 2. The van der Waals surface area contributed by atoms with Gasteiger partial charge in [0.15, 0.2) is 0 Å². The van der Waals surface area contributed by atoms with Crippen LogP contribution in [-0.4, -0.2) is 30.2 Å². The van der Waals surface area contributed by atoms with Crippen LogP contribution < -0.4 is 15.5 Å². The Morgan fingerprint density at radius 2 is 1.78 bits per heavy atom. The van der Waals surface area contributed by atoms with Crippen LogP contribution in [0, 0.1) is 11.8 Å². The van der Waals surface area contributed by atoms with Gasteiger partial charge in [0, 0.05) is 29.1 Å². The summed E-state index contributed by atoms with van der Waals surface area (Å²) in [4.78, 5) is 22.9. The van der Waals surface area contributed by atoms with Crippen LogP contribution in [0.4, 0.5) is 0 Å². The molecule has 3 N–H and O–H groups in total. The van der Waals surface area contributed by atoms with Crippen molar-refractivity contribution in [1.82, 2.24) is 10.8 Å². The van der Waals surface area contributed by atoms with Crippen LogP contribution in [0.25, 0.3) is 0 Å². The Labute approximate surface area is 162 Å². The topological polar surface area (TPSA) is 87.7 Å². The predicted octanol–water partition coefficient (Wildman–Crippen LogP) is 2.79. The first-order chi connectivity index (χ1) is 13.1. The number of carbonyl (C=O) groups is 2. The van der Waals surface area contributed by atoms with Crippen molar-refractivity contribution in [2.45, 2.75) is 12.8 Å². The zero-order valence-electron chi connectivity index (χ0n) is 14.5. The molecule has 0 aliphatic heterocycles. The molecule has 27 heavy (non-hydrogen) atoms. The second-order valence-corrected chi connectivity index (χ2v) is 5.95. The summed E-state index contributed by atoms with van der Waals surface area (Å²) in [6.07, 6.45) is 0.582. The first-order valence-electron chi connectivity index (χ1n) is 8.27. The number of halogens is 1. The van der Waals surface area contributed by atoms with E-state index in [1.807, 2.05) is 0 Å². The van der Waals surface area contributed by atoms with Crippen molar-refractivity contribution >= 4 is 23.4 Å². The molecule has 0 aliphatic carbocycles. The van der Waals surface area contributed by atoms with Crippen molar-refractivity contribution in [2.75, 3.05) is 13.2 Å². The SMILES string of the molecule is O=C(CCCNC(=O)c1ccc(C#CCOc2ccc(Cl)cc2)cc1)NO. The first kappa shape index (κ1) is 20.3. The van der Waals surface area contributed by atoms with Crippen molar-refractivity contribution in [2.24, 2.45) is 0 Å². The van der Waals surface area contributed by atoms with E-state index in [1.165, 1.54) is 0 Å². The van der Waals surface area contributed by atoms with Gasteiger partial charge in [0.2, 0.25) is 5.91 Å². The van der Waals surface area contributed by atoms with Crippen LogP contribution >= 0.6 is 11.6 Å². The summed E-state index contributed by atoms with van der Waals surface area (Å²) in [6.45, 7) is 0.584. The molecule has 2 amide bonds. The quantitative estimate of drug-likeness (QED) is 0.295. The third-order valence-electron chi connectivity index (χ3n) is 3.50. The van der Waals surface area contributed by atoms with Crippen molar-refractivity contribution in [3.63, 3.8) is 0 Å². The maximum Gasteiger partial charge on any atom is 0.251 e. The summed E-state index contributed by atoms with van der Waals surface area (Å²) in [5, 5.41) is 11.7. The second kappa shape index (κ2) is 10.9. The molecular formula is C20H19ClN2O4. The Balaban J connectivity index is 1.76. The van der Waals surface area contributed by atoms with Gasteiger partial charge in [-0.25, -0.2) is 5.48 Å². The highest BCUT2D eigenvalue weighted by Gasteiger charge is 2.05. The zero-order chi connectivity index (χ0) is 19.5. The van der Waals surface area contributed by atoms with E-state index in [4.69, 9.17) is 21.5 Å². The van der Waals surface area contributed by atoms with Crippen molar-refractivity contribution in [3.8, 4) is 17.6 Å². The summed E-state index contributed by atoms with van der Waals surface area (Å²) in [5.74, 6) is 5.85. The van der Waals surface area contributed by atoms with E-state index in [-0.39, 0.29) is 18.9 Å². The fourth-order valence-corrected chi connectivity index (χ4v) is 2.23. The van der Waals surface area contributed by atoms with Crippen LogP contribution in [0.5, 0.6) is 5.75 Å². The van der Waals surface area contributed by atoms with Crippen molar-refractivity contribution < 1.29 is 19.5 Å². The van der Waals surface area contributed by atoms with Crippen LogP contribution in [0.15, 0.2) is 48.5 Å². The molecule has 0 aliphatic rings. The Hall–Kier alpha value is -3.01. The van der Waals surface area contributed by atoms with E-state index in [1.54, 1.807) is 54.0 Å². The van der Waals surface area contributed by atoms with Crippen LogP contribution in [0.1, 0.15) is 28.8 Å². The van der Waals surface area contributed by atoms with Gasteiger partial charge in [-0.2, -0.15) is 0 Å². The van der Waals surface area contributed by atoms with Gasteiger partial charge in [0.05, 0.1) is 0 Å². The van der Waals surface area contributed by atoms with Gasteiger partial charge in [-0.1, -0.05) is 23.4 Å². The summed E-state index contributed by atoms with van der Waals surface area (Å²) >= 11 is 5.80. The fourth-order valence-electron chi connectivity index (χ4n) is 2.10. The minimum atomic E-state index is -0.479. The monoisotopic (exact) mass is 386 g/mol. The third-order valence-corrected chi connectivity index (χ3v) is 3.75. The normalized spacial score (nSPS) is 9.70. The molecule has 2 aromatic rings. The van der Waals surface area contributed by atoms with E-state index in [9.17, 15) is 9.59 Å². The number of rotatable bonds is 7. The molecule has 0 aromatic heterocycles. The lowest BCUT2D eigenvalue weighted by molar-refractivity contribution is -0.129. The zero-order valence-corrected chi connectivity index (χ0v) is 15.3. The molecule has 0 radical (unpaired) electrons. The molecule has 6 nitrogen and oxygen atoms in total. The van der Waals surface area contributed by atoms with E-state index in [0.717, 1.165) is 5.56 Å².